The molecule has 1 fully saturated rings. The van der Waals surface area contributed by atoms with Gasteiger partial charge in [-0.15, -0.1) is 11.6 Å². The molecule has 150 valence electrons. The Morgan fingerprint density at radius 2 is 2.15 bits per heavy atom. The Bertz CT molecular complexity index is 617. The summed E-state index contributed by atoms with van der Waals surface area (Å²) < 4.78 is 5.56. The lowest BCUT2D eigenvalue weighted by atomic mass is 9.90. The Balaban J connectivity index is 1.86. The van der Waals surface area contributed by atoms with E-state index in [2.05, 4.69) is 19.1 Å². The molecule has 1 aliphatic carbocycles. The van der Waals surface area contributed by atoms with Crippen molar-refractivity contribution in [3.05, 3.63) is 53.6 Å². The molecule has 2 rings (SSSR count). The number of ether oxygens (including phenoxy) is 1. The van der Waals surface area contributed by atoms with Crippen molar-refractivity contribution in [1.29, 1.82) is 0 Å². The fourth-order valence-electron chi connectivity index (χ4n) is 3.41. The number of aliphatic hydroxyl groups excluding tert-OH is 2. The maximum atomic E-state index is 10.3. The Morgan fingerprint density at radius 3 is 2.89 bits per heavy atom. The third-order valence-electron chi connectivity index (χ3n) is 4.94. The number of hydrogen-bond donors (Lipinski definition) is 2. The first kappa shape index (κ1) is 22.3. The average Bonchev–Trinajstić information content (AvgIpc) is 2.91. The average molecular weight is 413 g/mol. The second-order valence-corrected chi connectivity index (χ2v) is 8.13. The molecule has 0 aliphatic heterocycles. The first-order valence-electron chi connectivity index (χ1n) is 9.73. The second-order valence-electron chi connectivity index (χ2n) is 7.13. The van der Waals surface area contributed by atoms with Crippen LogP contribution >= 0.6 is 23.2 Å². The molecule has 0 radical (unpaired) electrons. The highest BCUT2D eigenvalue weighted by Crippen LogP contribution is 2.39. The van der Waals surface area contributed by atoms with Gasteiger partial charge in [0.2, 0.25) is 0 Å². The van der Waals surface area contributed by atoms with Gasteiger partial charge in [0.1, 0.15) is 18.5 Å². The molecule has 0 spiro atoms. The van der Waals surface area contributed by atoms with Gasteiger partial charge in [0.05, 0.1) is 6.10 Å². The Labute approximate surface area is 172 Å². The molecule has 1 aromatic carbocycles. The highest BCUT2D eigenvalue weighted by molar-refractivity contribution is 6.30. The monoisotopic (exact) mass is 412 g/mol. The van der Waals surface area contributed by atoms with E-state index in [-0.39, 0.29) is 23.8 Å². The van der Waals surface area contributed by atoms with Gasteiger partial charge in [-0.3, -0.25) is 0 Å². The van der Waals surface area contributed by atoms with Crippen LogP contribution in [0.15, 0.2) is 48.6 Å². The summed E-state index contributed by atoms with van der Waals surface area (Å²) in [5.41, 5.74) is 0. The quantitative estimate of drug-likeness (QED) is 0.308. The summed E-state index contributed by atoms with van der Waals surface area (Å²) >= 11 is 12.4. The van der Waals surface area contributed by atoms with Crippen LogP contribution in [0, 0.1) is 11.8 Å². The molecule has 1 aromatic rings. The number of unbranched alkanes of at least 4 members (excludes halogenated alkanes) is 2. The molecule has 2 N–H and O–H groups in total. The van der Waals surface area contributed by atoms with Crippen LogP contribution in [0.5, 0.6) is 5.75 Å². The summed E-state index contributed by atoms with van der Waals surface area (Å²) in [5.74, 6) is 0.748. The van der Waals surface area contributed by atoms with E-state index in [0.29, 0.717) is 17.2 Å². The SMILES string of the molecule is CCCC/C=C/CC1C(O)CC(Cl)C1/C=C/C(O)COc1cccc(Cl)c1. The molecule has 0 amide bonds. The van der Waals surface area contributed by atoms with Gasteiger partial charge in [0, 0.05) is 10.4 Å². The smallest absolute Gasteiger partial charge is 0.120 e. The molecule has 0 saturated heterocycles. The van der Waals surface area contributed by atoms with Gasteiger partial charge < -0.3 is 14.9 Å². The predicted molar refractivity (Wildman–Crippen MR) is 113 cm³/mol. The number of allylic oxidation sites excluding steroid dienone is 3. The second kappa shape index (κ2) is 11.8. The maximum Gasteiger partial charge on any atom is 0.120 e. The van der Waals surface area contributed by atoms with Crippen LogP contribution < -0.4 is 4.74 Å². The van der Waals surface area contributed by atoms with Gasteiger partial charge in [0.25, 0.3) is 0 Å². The van der Waals surface area contributed by atoms with E-state index in [1.165, 1.54) is 12.8 Å². The zero-order chi connectivity index (χ0) is 19.6. The fourth-order valence-corrected chi connectivity index (χ4v) is 4.04. The van der Waals surface area contributed by atoms with Crippen molar-refractivity contribution in [3.63, 3.8) is 0 Å². The van der Waals surface area contributed by atoms with Gasteiger partial charge in [0.15, 0.2) is 0 Å². The molecule has 27 heavy (non-hydrogen) atoms. The summed E-state index contributed by atoms with van der Waals surface area (Å²) in [4.78, 5) is 0. The fraction of sp³-hybridized carbons (Fsp3) is 0.545. The number of aliphatic hydroxyl groups is 2. The minimum Gasteiger partial charge on any atom is -0.491 e. The lowest BCUT2D eigenvalue weighted by Crippen LogP contribution is -2.20. The van der Waals surface area contributed by atoms with Gasteiger partial charge >= 0.3 is 0 Å². The molecule has 0 bridgehead atoms. The molecular formula is C22H30Cl2O3. The van der Waals surface area contributed by atoms with Gasteiger partial charge in [-0.25, -0.2) is 0 Å². The maximum absolute atomic E-state index is 10.3. The zero-order valence-electron chi connectivity index (χ0n) is 15.8. The number of halogens is 2. The highest BCUT2D eigenvalue weighted by atomic mass is 35.5. The van der Waals surface area contributed by atoms with E-state index in [9.17, 15) is 10.2 Å². The number of hydrogen-bond acceptors (Lipinski definition) is 3. The highest BCUT2D eigenvalue weighted by Gasteiger charge is 2.39. The third-order valence-corrected chi connectivity index (χ3v) is 5.65. The minimum absolute atomic E-state index is 0.0401. The summed E-state index contributed by atoms with van der Waals surface area (Å²) in [5, 5.41) is 21.0. The van der Waals surface area contributed by atoms with E-state index in [0.717, 1.165) is 12.8 Å². The summed E-state index contributed by atoms with van der Waals surface area (Å²) in [7, 11) is 0. The lowest BCUT2D eigenvalue weighted by Gasteiger charge is -2.19. The molecule has 1 aliphatic rings. The summed E-state index contributed by atoms with van der Waals surface area (Å²) in [6.45, 7) is 2.32. The van der Waals surface area contributed by atoms with Crippen molar-refractivity contribution in [3.8, 4) is 5.75 Å². The normalized spacial score (nSPS) is 26.9. The predicted octanol–water partition coefficient (Wildman–Crippen LogP) is 5.38. The van der Waals surface area contributed by atoms with Crippen molar-refractivity contribution >= 4 is 23.2 Å². The standard InChI is InChI=1S/C22H30Cl2O3/c1-2-3-4-5-6-10-20-19(21(24)14-22(20)26)12-11-17(25)15-27-18-9-7-8-16(23)13-18/h5-9,11-13,17,19-22,25-26H,2-4,10,14-15H2,1H3/b6-5+,12-11+. The first-order valence-corrected chi connectivity index (χ1v) is 10.5. The first-order chi connectivity index (χ1) is 13.0. The number of rotatable bonds is 10. The van der Waals surface area contributed by atoms with Gasteiger partial charge in [-0.05, 0) is 49.3 Å². The van der Waals surface area contributed by atoms with E-state index >= 15 is 0 Å². The van der Waals surface area contributed by atoms with Crippen molar-refractivity contribution in [2.45, 2.75) is 56.6 Å². The molecule has 5 unspecified atom stereocenters. The lowest BCUT2D eigenvalue weighted by molar-refractivity contribution is 0.124. The van der Waals surface area contributed by atoms with Crippen LogP contribution in [-0.4, -0.2) is 34.4 Å². The van der Waals surface area contributed by atoms with Crippen LogP contribution in [0.1, 0.15) is 39.0 Å². The zero-order valence-corrected chi connectivity index (χ0v) is 17.3. The van der Waals surface area contributed by atoms with Gasteiger partial charge in [-0.1, -0.05) is 61.7 Å². The molecule has 0 aromatic heterocycles. The van der Waals surface area contributed by atoms with Crippen molar-refractivity contribution < 1.29 is 14.9 Å². The Hall–Kier alpha value is -1.00. The number of benzene rings is 1. The van der Waals surface area contributed by atoms with Crippen molar-refractivity contribution in [2.75, 3.05) is 6.61 Å². The van der Waals surface area contributed by atoms with Crippen LogP contribution in [0.4, 0.5) is 0 Å². The Kier molecular flexibility index (Phi) is 9.70. The summed E-state index contributed by atoms with van der Waals surface area (Å²) in [6, 6.07) is 7.08. The Morgan fingerprint density at radius 1 is 1.33 bits per heavy atom. The van der Waals surface area contributed by atoms with E-state index in [4.69, 9.17) is 27.9 Å². The van der Waals surface area contributed by atoms with Crippen molar-refractivity contribution in [2.24, 2.45) is 11.8 Å². The van der Waals surface area contributed by atoms with E-state index in [1.54, 1.807) is 30.3 Å². The molecule has 3 nitrogen and oxygen atoms in total. The molecular weight excluding hydrogens is 383 g/mol. The largest absolute Gasteiger partial charge is 0.491 e. The third kappa shape index (κ3) is 7.50. The van der Waals surface area contributed by atoms with Crippen LogP contribution in [-0.2, 0) is 0 Å². The van der Waals surface area contributed by atoms with Crippen LogP contribution in [0.2, 0.25) is 5.02 Å². The summed E-state index contributed by atoms with van der Waals surface area (Å²) in [6.07, 6.45) is 11.7. The molecule has 5 heteroatoms. The van der Waals surface area contributed by atoms with Crippen LogP contribution in [0.3, 0.4) is 0 Å². The van der Waals surface area contributed by atoms with Crippen LogP contribution in [0.25, 0.3) is 0 Å². The molecule has 1 saturated carbocycles. The van der Waals surface area contributed by atoms with Gasteiger partial charge in [-0.2, -0.15) is 0 Å². The van der Waals surface area contributed by atoms with E-state index < -0.39 is 12.2 Å². The minimum atomic E-state index is -0.744. The number of alkyl halides is 1. The van der Waals surface area contributed by atoms with Crippen molar-refractivity contribution in [1.82, 2.24) is 0 Å². The topological polar surface area (TPSA) is 49.7 Å². The molecule has 5 atom stereocenters. The molecule has 0 heterocycles. The van der Waals surface area contributed by atoms with E-state index in [1.807, 2.05) is 6.08 Å².